The first-order chi connectivity index (χ1) is 32.7. The van der Waals surface area contributed by atoms with Crippen LogP contribution < -0.4 is 25.9 Å². The lowest BCUT2D eigenvalue weighted by molar-refractivity contribution is -0.671. The zero-order valence-corrected chi connectivity index (χ0v) is 40.3. The van der Waals surface area contributed by atoms with E-state index >= 15 is 0 Å². The van der Waals surface area contributed by atoms with E-state index in [9.17, 15) is 33.9 Å². The predicted molar refractivity (Wildman–Crippen MR) is 254 cm³/mol. The number of carboxylic acids is 1. The van der Waals surface area contributed by atoms with Crippen molar-refractivity contribution in [3.05, 3.63) is 86.0 Å². The normalized spacial score (nSPS) is 19.9. The minimum absolute atomic E-state index is 0.0137. The molecular formula is C44H45N10O10S4+. The highest BCUT2D eigenvalue weighted by atomic mass is 32.2. The highest BCUT2D eigenvalue weighted by Gasteiger charge is 2.55. The Balaban J connectivity index is 0.894. The number of nitrogens with two attached hydrogens (primary N) is 1. The Hall–Kier alpha value is -6.37. The van der Waals surface area contributed by atoms with Gasteiger partial charge in [0.25, 0.3) is 11.8 Å². The van der Waals surface area contributed by atoms with Crippen LogP contribution in [0.15, 0.2) is 73.1 Å². The number of oxime groups is 1. The van der Waals surface area contributed by atoms with Gasteiger partial charge >= 0.3 is 17.9 Å². The van der Waals surface area contributed by atoms with Crippen molar-refractivity contribution in [2.75, 3.05) is 36.1 Å². The molecule has 0 aliphatic carbocycles. The standard InChI is InChI=1S/C44H44N10O10S4/c1-5-62-49-31(36-48-43(45)68-50-36)37(56)47-32-38(57)54-34(30(20-65-39(32)54)67-44-46-28(19-66-44)23-10-14-51(4)15-11-23)42(61)63-22(3)41(60)64-24-12-16-52(17-13-24)29-9-8-26-33-25(29)7-6-21(2)53(33)18-27(35(26)55)40(58)59/h8-11,14-15,18-19,21-22,24,32,39H,5-7,12-13,16-17,20H2,1-4H3,(H3-,45,47,48,50,56,58,59)/p+1/t21?,22?,32-,39-/m1/s1. The van der Waals surface area contributed by atoms with Gasteiger partial charge in [-0.1, -0.05) is 16.9 Å². The quantitative estimate of drug-likeness (QED) is 0.0469. The highest BCUT2D eigenvalue weighted by Crippen LogP contribution is 2.46. The van der Waals surface area contributed by atoms with E-state index in [1.165, 1.54) is 52.9 Å². The second-order valence-electron chi connectivity index (χ2n) is 16.4. The van der Waals surface area contributed by atoms with E-state index in [1.807, 2.05) is 59.1 Å². The summed E-state index contributed by atoms with van der Waals surface area (Å²) in [5.74, 6) is -4.13. The van der Waals surface area contributed by atoms with Gasteiger partial charge < -0.3 is 39.9 Å². The van der Waals surface area contributed by atoms with Crippen LogP contribution in [0.3, 0.4) is 0 Å². The third-order valence-corrected chi connectivity index (χ3v) is 16.0. The Morgan fingerprint density at radius 2 is 1.87 bits per heavy atom. The van der Waals surface area contributed by atoms with Crippen LogP contribution in [0.2, 0.25) is 0 Å². The van der Waals surface area contributed by atoms with Crippen molar-refractivity contribution < 1.29 is 48.0 Å². The van der Waals surface area contributed by atoms with Crippen LogP contribution >= 0.6 is 46.4 Å². The van der Waals surface area contributed by atoms with Gasteiger partial charge in [0, 0.05) is 94.5 Å². The number of β-lactam (4-membered cyclic amide) rings is 1. The third kappa shape index (κ3) is 9.03. The molecule has 5 aromatic rings. The number of rotatable bonds is 14. The average Bonchev–Trinajstić information content (AvgIpc) is 3.98. The number of hydrogen-bond donors (Lipinski definition) is 3. The number of nitrogens with one attached hydrogen (secondary N) is 1. The van der Waals surface area contributed by atoms with Crippen molar-refractivity contribution >= 4 is 104 Å². The van der Waals surface area contributed by atoms with E-state index in [2.05, 4.69) is 24.7 Å². The lowest BCUT2D eigenvalue weighted by atomic mass is 9.93. The number of benzene rings is 1. The van der Waals surface area contributed by atoms with Gasteiger partial charge in [0.15, 0.2) is 28.0 Å². The van der Waals surface area contributed by atoms with Crippen LogP contribution in [-0.4, -0.2) is 113 Å². The fourth-order valence-corrected chi connectivity index (χ4v) is 12.4. The Bertz CT molecular complexity index is 2980. The molecule has 2 amide bonds. The average molecular weight is 1000 g/mol. The number of ether oxygens (including phenoxy) is 2. The minimum atomic E-state index is -1.35. The summed E-state index contributed by atoms with van der Waals surface area (Å²) in [7, 11) is 1.92. The second-order valence-corrected chi connectivity index (χ2v) is 20.5. The van der Waals surface area contributed by atoms with Gasteiger partial charge in [-0.3, -0.25) is 19.3 Å². The van der Waals surface area contributed by atoms with Crippen LogP contribution in [-0.2, 0) is 47.0 Å². The van der Waals surface area contributed by atoms with Crippen LogP contribution in [0, 0.1) is 0 Å². The van der Waals surface area contributed by atoms with Crippen molar-refractivity contribution in [3.63, 3.8) is 0 Å². The molecule has 9 rings (SSSR count). The van der Waals surface area contributed by atoms with E-state index < -0.39 is 58.8 Å². The molecule has 68 heavy (non-hydrogen) atoms. The summed E-state index contributed by atoms with van der Waals surface area (Å²) < 4.78 is 20.2. The zero-order valence-electron chi connectivity index (χ0n) is 37.1. The van der Waals surface area contributed by atoms with Crippen LogP contribution in [0.1, 0.15) is 67.8 Å². The molecular weight excluding hydrogens is 957 g/mol. The molecule has 24 heteroatoms. The van der Waals surface area contributed by atoms with Gasteiger partial charge in [-0.25, -0.2) is 23.9 Å². The van der Waals surface area contributed by atoms with Crippen molar-refractivity contribution in [2.24, 2.45) is 12.2 Å². The van der Waals surface area contributed by atoms with Gasteiger partial charge in [-0.2, -0.15) is 9.36 Å². The number of pyridine rings is 2. The van der Waals surface area contributed by atoms with Crippen LogP contribution in [0.5, 0.6) is 0 Å². The zero-order chi connectivity index (χ0) is 48.0. The number of aryl methyl sites for hydroxylation is 2. The maximum Gasteiger partial charge on any atom is 0.356 e. The lowest BCUT2D eigenvalue weighted by Gasteiger charge is -2.49. The van der Waals surface area contributed by atoms with Crippen LogP contribution in [0.25, 0.3) is 22.2 Å². The Labute approximate surface area is 404 Å². The molecule has 354 valence electrons. The number of carbonyl (C=O) groups excluding carboxylic acids is 4. The molecule has 0 saturated carbocycles. The van der Waals surface area contributed by atoms with E-state index in [0.717, 1.165) is 46.0 Å². The van der Waals surface area contributed by atoms with Crippen LogP contribution in [0.4, 0.5) is 10.8 Å². The Morgan fingerprint density at radius 3 is 2.57 bits per heavy atom. The molecule has 2 saturated heterocycles. The Kier molecular flexibility index (Phi) is 13.3. The molecule has 4 aliphatic heterocycles. The van der Waals surface area contributed by atoms with Gasteiger partial charge in [0.1, 0.15) is 42.4 Å². The number of amides is 2. The predicted octanol–water partition coefficient (Wildman–Crippen LogP) is 3.88. The van der Waals surface area contributed by atoms with Gasteiger partial charge in [0.2, 0.25) is 17.0 Å². The van der Waals surface area contributed by atoms with Crippen molar-refractivity contribution in [2.45, 2.75) is 80.5 Å². The number of carboxylic acid groups (broad SMARTS) is 1. The molecule has 4 aromatic heterocycles. The Morgan fingerprint density at radius 1 is 1.10 bits per heavy atom. The van der Waals surface area contributed by atoms with Gasteiger partial charge in [-0.05, 0) is 51.3 Å². The van der Waals surface area contributed by atoms with Crippen molar-refractivity contribution in [3.8, 4) is 11.3 Å². The summed E-state index contributed by atoms with van der Waals surface area (Å²) in [6.45, 7) is 6.33. The number of esters is 2. The number of nitrogens with zero attached hydrogens (tertiary/aromatic N) is 8. The number of aromatic carboxylic acids is 1. The van der Waals surface area contributed by atoms with Gasteiger partial charge in [0.05, 0.1) is 11.2 Å². The number of thiazole rings is 1. The monoisotopic (exact) mass is 1000 g/mol. The summed E-state index contributed by atoms with van der Waals surface area (Å²) >= 11 is 4.79. The molecule has 4 aliphatic rings. The van der Waals surface area contributed by atoms with E-state index in [0.29, 0.717) is 47.0 Å². The molecule has 0 bridgehead atoms. The van der Waals surface area contributed by atoms with Gasteiger partial charge in [-0.15, -0.1) is 23.1 Å². The fourth-order valence-electron chi connectivity index (χ4n) is 8.51. The van der Waals surface area contributed by atoms with E-state index in [4.69, 9.17) is 25.0 Å². The topological polar surface area (TPSA) is 255 Å². The lowest BCUT2D eigenvalue weighted by Crippen LogP contribution is -2.71. The summed E-state index contributed by atoms with van der Waals surface area (Å²) in [5, 5.41) is 17.9. The summed E-state index contributed by atoms with van der Waals surface area (Å²) in [4.78, 5) is 98.4. The van der Waals surface area contributed by atoms with E-state index in [1.54, 1.807) is 13.0 Å². The first-order valence-corrected chi connectivity index (χ1v) is 25.2. The molecule has 8 heterocycles. The molecule has 4 atom stereocenters. The van der Waals surface area contributed by atoms with Crippen molar-refractivity contribution in [1.29, 1.82) is 0 Å². The molecule has 2 unspecified atom stereocenters. The largest absolute Gasteiger partial charge is 0.477 e. The second kappa shape index (κ2) is 19.3. The maximum atomic E-state index is 14.3. The molecule has 0 spiro atoms. The number of fused-ring (bicyclic) bond motifs is 1. The summed E-state index contributed by atoms with van der Waals surface area (Å²) in [6, 6.07) is 6.39. The minimum Gasteiger partial charge on any atom is -0.477 e. The number of piperidine rings is 1. The number of nitrogen functional groups attached to an aromatic ring is 1. The third-order valence-electron chi connectivity index (χ3n) is 12.0. The molecule has 0 radical (unpaired) electrons. The summed E-state index contributed by atoms with van der Waals surface area (Å²) in [5.41, 5.74) is 8.96. The number of thioether (sulfide) groups is 2. The first-order valence-electron chi connectivity index (χ1n) is 21.7. The number of carbonyl (C=O) groups is 5. The maximum absolute atomic E-state index is 14.3. The SMILES string of the molecule is CCON=C(C(=O)N[C@@H]1C(=O)N2C(C(=O)OC(C)C(=O)OC3CCN(c4ccc5c(=O)c(C(=O)O)cn6c5c4CCC6C)CC3)=C(Sc3nc(-c4cc[n+](C)cc4)cs3)CS[C@H]12)c1nsc(N)n1. The molecule has 4 N–H and O–H groups in total. The summed E-state index contributed by atoms with van der Waals surface area (Å²) in [6.07, 6.45) is 5.89. The van der Waals surface area contributed by atoms with E-state index in [-0.39, 0.29) is 46.3 Å². The number of hydrogen-bond acceptors (Lipinski definition) is 19. The smallest absolute Gasteiger partial charge is 0.356 e. The molecule has 2 fully saturated rings. The molecule has 20 nitrogen and oxygen atoms in total. The first kappa shape index (κ1) is 46.7. The molecule has 1 aromatic carbocycles. The number of aromatic nitrogens is 5. The highest BCUT2D eigenvalue weighted by molar-refractivity contribution is 8.07. The van der Waals surface area contributed by atoms with Crippen molar-refractivity contribution in [1.82, 2.24) is 29.1 Å². The fraction of sp³-hybridized carbons (Fsp3) is 0.386. The number of anilines is 2.